The molecule has 0 fully saturated rings. The number of carbonyl (C=O) groups excluding carboxylic acids is 3. The Balaban J connectivity index is 1.74. The Hall–Kier alpha value is -3.09. The van der Waals surface area contributed by atoms with Gasteiger partial charge in [0.15, 0.2) is 5.76 Å². The van der Waals surface area contributed by atoms with E-state index in [0.29, 0.717) is 13.0 Å². The van der Waals surface area contributed by atoms with E-state index in [9.17, 15) is 14.4 Å². The van der Waals surface area contributed by atoms with Crippen LogP contribution >= 0.6 is 0 Å². The van der Waals surface area contributed by atoms with Gasteiger partial charge in [-0.25, -0.2) is 0 Å². The van der Waals surface area contributed by atoms with Crippen LogP contribution in [0.1, 0.15) is 40.1 Å². The lowest BCUT2D eigenvalue weighted by Gasteiger charge is -2.18. The van der Waals surface area contributed by atoms with Crippen LogP contribution in [0.4, 0.5) is 5.69 Å². The molecular weight excluding hydrogens is 358 g/mol. The van der Waals surface area contributed by atoms with Gasteiger partial charge in [-0.15, -0.1) is 0 Å². The predicted octanol–water partition coefficient (Wildman–Crippen LogP) is 2.81. The molecule has 0 spiro atoms. The van der Waals surface area contributed by atoms with Gasteiger partial charge in [-0.05, 0) is 50.5 Å². The third kappa shape index (κ3) is 5.97. The van der Waals surface area contributed by atoms with Crippen molar-refractivity contribution in [3.8, 4) is 0 Å². The molecule has 0 saturated carbocycles. The molecule has 1 aromatic carbocycles. The van der Waals surface area contributed by atoms with Crippen LogP contribution < -0.4 is 10.6 Å². The minimum absolute atomic E-state index is 0.0235. The summed E-state index contributed by atoms with van der Waals surface area (Å²) >= 11 is 0. The van der Waals surface area contributed by atoms with E-state index >= 15 is 0 Å². The lowest BCUT2D eigenvalue weighted by Crippen LogP contribution is -2.35. The highest BCUT2D eigenvalue weighted by Gasteiger charge is 2.15. The van der Waals surface area contributed by atoms with Gasteiger partial charge in [0.2, 0.25) is 11.8 Å². The van der Waals surface area contributed by atoms with Crippen LogP contribution in [0.15, 0.2) is 34.9 Å². The van der Waals surface area contributed by atoms with Gasteiger partial charge in [0.05, 0.1) is 12.8 Å². The van der Waals surface area contributed by atoms with E-state index in [1.165, 1.54) is 11.2 Å². The first-order chi connectivity index (χ1) is 13.3. The number of rotatable bonds is 8. The molecule has 0 bridgehead atoms. The summed E-state index contributed by atoms with van der Waals surface area (Å²) in [5.74, 6) is -0.465. The molecule has 1 aromatic heterocycles. The lowest BCUT2D eigenvalue weighted by molar-refractivity contribution is -0.133. The Morgan fingerprint density at radius 3 is 2.39 bits per heavy atom. The third-order valence-electron chi connectivity index (χ3n) is 4.35. The third-order valence-corrected chi connectivity index (χ3v) is 4.35. The standard InChI is InChI=1S/C21H27N3O4/c1-14-11-15(2)20(16(3)12-14)23-18(25)13-24(4)19(26)8-5-9-22-21(27)17-7-6-10-28-17/h6-7,10-12H,5,8-9,13H2,1-4H3,(H,22,27)(H,23,25). The summed E-state index contributed by atoms with van der Waals surface area (Å²) in [6.07, 6.45) is 2.15. The first-order valence-electron chi connectivity index (χ1n) is 9.21. The van der Waals surface area contributed by atoms with Crippen molar-refractivity contribution in [1.82, 2.24) is 10.2 Å². The molecular formula is C21H27N3O4. The molecule has 0 aliphatic rings. The van der Waals surface area contributed by atoms with E-state index in [1.54, 1.807) is 19.2 Å². The highest BCUT2D eigenvalue weighted by Crippen LogP contribution is 2.21. The SMILES string of the molecule is Cc1cc(C)c(NC(=O)CN(C)C(=O)CCCNC(=O)c2ccco2)c(C)c1. The fourth-order valence-electron chi connectivity index (χ4n) is 2.99. The van der Waals surface area contributed by atoms with Gasteiger partial charge < -0.3 is 20.0 Å². The van der Waals surface area contributed by atoms with Gasteiger partial charge in [0.25, 0.3) is 5.91 Å². The second-order valence-corrected chi connectivity index (χ2v) is 6.91. The average Bonchev–Trinajstić information content (AvgIpc) is 3.16. The molecule has 0 saturated heterocycles. The molecule has 28 heavy (non-hydrogen) atoms. The summed E-state index contributed by atoms with van der Waals surface area (Å²) < 4.78 is 5.00. The Bertz CT molecular complexity index is 820. The van der Waals surface area contributed by atoms with E-state index in [-0.39, 0.29) is 36.4 Å². The Morgan fingerprint density at radius 2 is 1.79 bits per heavy atom. The molecule has 150 valence electrons. The summed E-state index contributed by atoms with van der Waals surface area (Å²) in [6, 6.07) is 7.23. The maximum Gasteiger partial charge on any atom is 0.286 e. The quantitative estimate of drug-likeness (QED) is 0.684. The number of nitrogens with zero attached hydrogens (tertiary/aromatic N) is 1. The van der Waals surface area contributed by atoms with Crippen LogP contribution in [0.3, 0.4) is 0 Å². The molecule has 0 unspecified atom stereocenters. The van der Waals surface area contributed by atoms with Crippen molar-refractivity contribution >= 4 is 23.4 Å². The van der Waals surface area contributed by atoms with E-state index in [4.69, 9.17) is 4.42 Å². The molecule has 7 heteroatoms. The minimum Gasteiger partial charge on any atom is -0.459 e. The summed E-state index contributed by atoms with van der Waals surface area (Å²) in [4.78, 5) is 37.6. The number of hydrogen-bond donors (Lipinski definition) is 2. The lowest BCUT2D eigenvalue weighted by atomic mass is 10.1. The average molecular weight is 385 g/mol. The van der Waals surface area contributed by atoms with Gasteiger partial charge >= 0.3 is 0 Å². The maximum atomic E-state index is 12.3. The molecule has 3 amide bonds. The van der Waals surface area contributed by atoms with Crippen LogP contribution in [0.5, 0.6) is 0 Å². The molecule has 0 aliphatic heterocycles. The van der Waals surface area contributed by atoms with Crippen molar-refractivity contribution in [2.75, 3.05) is 25.5 Å². The van der Waals surface area contributed by atoms with Crippen LogP contribution in [-0.2, 0) is 9.59 Å². The number of likely N-dealkylation sites (N-methyl/N-ethyl adjacent to an activating group) is 1. The first kappa shape index (κ1) is 21.2. The van der Waals surface area contributed by atoms with Crippen LogP contribution in [0.2, 0.25) is 0 Å². The van der Waals surface area contributed by atoms with Crippen LogP contribution in [0, 0.1) is 20.8 Å². The van der Waals surface area contributed by atoms with E-state index < -0.39 is 0 Å². The molecule has 0 atom stereocenters. The predicted molar refractivity (Wildman–Crippen MR) is 107 cm³/mol. The summed E-state index contributed by atoms with van der Waals surface area (Å²) in [5.41, 5.74) is 3.91. The normalized spacial score (nSPS) is 10.4. The smallest absolute Gasteiger partial charge is 0.286 e. The zero-order valence-electron chi connectivity index (χ0n) is 16.8. The van der Waals surface area contributed by atoms with Gasteiger partial charge in [-0.3, -0.25) is 14.4 Å². The molecule has 0 aliphatic carbocycles. The fourth-order valence-corrected chi connectivity index (χ4v) is 2.99. The second kappa shape index (κ2) is 9.73. The summed E-state index contributed by atoms with van der Waals surface area (Å²) in [7, 11) is 1.60. The molecule has 2 rings (SSSR count). The second-order valence-electron chi connectivity index (χ2n) is 6.91. The Kier molecular flexibility index (Phi) is 7.37. The largest absolute Gasteiger partial charge is 0.459 e. The van der Waals surface area contributed by atoms with E-state index in [2.05, 4.69) is 10.6 Å². The summed E-state index contributed by atoms with van der Waals surface area (Å²) in [5, 5.41) is 5.58. The highest BCUT2D eigenvalue weighted by molar-refractivity contribution is 5.95. The number of aryl methyl sites for hydroxylation is 3. The fraction of sp³-hybridized carbons (Fsp3) is 0.381. The number of anilines is 1. The number of carbonyl (C=O) groups is 3. The van der Waals surface area contributed by atoms with Gasteiger partial charge in [0.1, 0.15) is 0 Å². The molecule has 0 radical (unpaired) electrons. The molecule has 1 heterocycles. The minimum atomic E-state index is -0.311. The van der Waals surface area contributed by atoms with Gasteiger partial charge in [-0.1, -0.05) is 17.7 Å². The topological polar surface area (TPSA) is 91.7 Å². The summed E-state index contributed by atoms with van der Waals surface area (Å²) in [6.45, 7) is 6.23. The van der Waals surface area contributed by atoms with Gasteiger partial charge in [0, 0.05) is 25.7 Å². The Morgan fingerprint density at radius 1 is 1.11 bits per heavy atom. The number of furan rings is 1. The van der Waals surface area contributed by atoms with Crippen molar-refractivity contribution in [2.45, 2.75) is 33.6 Å². The first-order valence-corrected chi connectivity index (χ1v) is 9.21. The van der Waals surface area contributed by atoms with Crippen molar-refractivity contribution in [3.05, 3.63) is 53.0 Å². The van der Waals surface area contributed by atoms with Crippen LogP contribution in [0.25, 0.3) is 0 Å². The monoisotopic (exact) mass is 385 g/mol. The van der Waals surface area contributed by atoms with Gasteiger partial charge in [-0.2, -0.15) is 0 Å². The maximum absolute atomic E-state index is 12.3. The van der Waals surface area contributed by atoms with E-state index in [0.717, 1.165) is 22.4 Å². The number of benzene rings is 1. The van der Waals surface area contributed by atoms with E-state index in [1.807, 2.05) is 32.9 Å². The number of nitrogens with one attached hydrogen (secondary N) is 2. The number of hydrogen-bond acceptors (Lipinski definition) is 4. The van der Waals surface area contributed by atoms with Crippen molar-refractivity contribution in [2.24, 2.45) is 0 Å². The van der Waals surface area contributed by atoms with Crippen molar-refractivity contribution in [3.63, 3.8) is 0 Å². The van der Waals surface area contributed by atoms with Crippen molar-refractivity contribution in [1.29, 1.82) is 0 Å². The zero-order valence-corrected chi connectivity index (χ0v) is 16.8. The number of amides is 3. The molecule has 2 aromatic rings. The molecule has 7 nitrogen and oxygen atoms in total. The Labute approximate surface area is 165 Å². The van der Waals surface area contributed by atoms with Crippen molar-refractivity contribution < 1.29 is 18.8 Å². The highest BCUT2D eigenvalue weighted by atomic mass is 16.3. The zero-order chi connectivity index (χ0) is 20.7. The molecule has 2 N–H and O–H groups in total. The van der Waals surface area contributed by atoms with Crippen LogP contribution in [-0.4, -0.2) is 42.8 Å².